The van der Waals surface area contributed by atoms with Crippen molar-refractivity contribution in [3.8, 4) is 0 Å². The summed E-state index contributed by atoms with van der Waals surface area (Å²) in [5, 5.41) is 8.80. The Kier molecular flexibility index (Phi) is 9.95. The largest absolute Gasteiger partial charge is 0.353 e. The fourth-order valence-corrected chi connectivity index (χ4v) is 2.13. The highest BCUT2D eigenvalue weighted by Gasteiger charge is 1.95. The molecule has 1 N–H and O–H groups in total. The van der Waals surface area contributed by atoms with E-state index in [0.29, 0.717) is 12.8 Å². The van der Waals surface area contributed by atoms with Gasteiger partial charge in [0.2, 0.25) is 0 Å². The molecule has 2 aromatic carbocycles. The van der Waals surface area contributed by atoms with Crippen LogP contribution in [0, 0.1) is 0 Å². The van der Waals surface area contributed by atoms with Crippen molar-refractivity contribution in [2.75, 3.05) is 0 Å². The molecule has 0 saturated heterocycles. The van der Waals surface area contributed by atoms with Gasteiger partial charge >= 0.3 is 0 Å². The van der Waals surface area contributed by atoms with Crippen LogP contribution < -0.4 is 0 Å². The molecule has 3 nitrogen and oxygen atoms in total. The van der Waals surface area contributed by atoms with Gasteiger partial charge in [0.25, 0.3) is 0 Å². The summed E-state index contributed by atoms with van der Waals surface area (Å²) >= 11 is 3.86. The molecule has 0 aliphatic heterocycles. The maximum Gasteiger partial charge on any atom is 0.186 e. The highest BCUT2D eigenvalue weighted by atomic mass is 32.1. The Morgan fingerprint density at radius 3 is 1.70 bits per heavy atom. The predicted octanol–water partition coefficient (Wildman–Crippen LogP) is 3.60. The zero-order valence-corrected chi connectivity index (χ0v) is 14.4. The second kappa shape index (κ2) is 11.8. The summed E-state index contributed by atoms with van der Waals surface area (Å²) in [5.41, 5.74) is 2.33. The summed E-state index contributed by atoms with van der Waals surface area (Å²) in [5.74, 6) is 0. The fraction of sp³-hybridized carbons (Fsp3) is 0.222. The molecular weight excluding hydrogens is 328 g/mol. The predicted molar refractivity (Wildman–Crippen MR) is 99.3 cm³/mol. The van der Waals surface area contributed by atoms with E-state index in [1.807, 2.05) is 60.7 Å². The molecular formula is C18H20O3S2. The summed E-state index contributed by atoms with van der Waals surface area (Å²) in [7, 11) is 0. The summed E-state index contributed by atoms with van der Waals surface area (Å²) in [4.78, 5) is 10.5. The van der Waals surface area contributed by atoms with Gasteiger partial charge in [-0.2, -0.15) is 0 Å². The molecule has 23 heavy (non-hydrogen) atoms. The lowest BCUT2D eigenvalue weighted by Gasteiger charge is -1.96. The van der Waals surface area contributed by atoms with Crippen molar-refractivity contribution in [2.45, 2.75) is 25.7 Å². The van der Waals surface area contributed by atoms with Gasteiger partial charge in [-0.1, -0.05) is 60.7 Å². The number of aliphatic hydroxyl groups excluding tert-OH is 1. The third-order valence-electron chi connectivity index (χ3n) is 3.04. The first-order chi connectivity index (χ1) is 11.1. The van der Waals surface area contributed by atoms with Crippen molar-refractivity contribution in [3.63, 3.8) is 0 Å². The van der Waals surface area contributed by atoms with Crippen LogP contribution in [0.4, 0.5) is 0 Å². The monoisotopic (exact) mass is 348 g/mol. The Morgan fingerprint density at radius 2 is 1.30 bits per heavy atom. The number of carbonyl (C=O) groups is 1. The number of benzene rings is 2. The second-order valence-electron chi connectivity index (χ2n) is 4.84. The Hall–Kier alpha value is -1.69. The molecule has 0 heterocycles. The van der Waals surface area contributed by atoms with Gasteiger partial charge in [-0.3, -0.25) is 4.79 Å². The van der Waals surface area contributed by atoms with E-state index in [1.54, 1.807) is 0 Å². The van der Waals surface area contributed by atoms with E-state index in [0.717, 1.165) is 18.4 Å². The molecule has 2 aromatic rings. The second-order valence-corrected chi connectivity index (χ2v) is 5.98. The first-order valence-electron chi connectivity index (χ1n) is 7.26. The number of hydrogen-bond acceptors (Lipinski definition) is 2. The molecule has 0 saturated carbocycles. The first-order valence-corrected chi connectivity index (χ1v) is 8.45. The number of thiol groups is 1. The van der Waals surface area contributed by atoms with Gasteiger partial charge in [0.15, 0.2) is 5.12 Å². The first kappa shape index (κ1) is 19.4. The van der Waals surface area contributed by atoms with E-state index in [4.69, 9.17) is 5.11 Å². The molecule has 0 radical (unpaired) electrons. The third kappa shape index (κ3) is 9.84. The average Bonchev–Trinajstić information content (AvgIpc) is 2.60. The smallest absolute Gasteiger partial charge is 0.186 e. The zero-order chi connectivity index (χ0) is 16.9. The summed E-state index contributed by atoms with van der Waals surface area (Å²) in [6.45, 7) is 0. The molecule has 122 valence electrons. The molecule has 2 rings (SSSR count). The fourth-order valence-electron chi connectivity index (χ4n) is 1.83. The van der Waals surface area contributed by atoms with E-state index >= 15 is 0 Å². The number of aliphatic hydroxyl groups is 1. The lowest BCUT2D eigenvalue weighted by molar-refractivity contribution is -0.110. The molecule has 0 fully saturated rings. The molecule has 5 heteroatoms. The van der Waals surface area contributed by atoms with E-state index in [-0.39, 0.29) is 21.4 Å². The molecule has 0 bridgehead atoms. The highest BCUT2D eigenvalue weighted by Crippen LogP contribution is 2.03. The standard InChI is InChI=1S/C9H10O2S.C9H10OS/c10-9(12-11)7-6-8-4-2-1-3-5-8;10-9(11)7-6-8-4-2-1-3-5-8/h1-5,10H,6-7H2;1-5H,6-7H2,(H,10,11). The average molecular weight is 348 g/mol. The van der Waals surface area contributed by atoms with Crippen molar-refractivity contribution in [1.82, 2.24) is 0 Å². The van der Waals surface area contributed by atoms with Crippen LogP contribution >= 0.6 is 12.6 Å². The third-order valence-corrected chi connectivity index (χ3v) is 3.66. The molecule has 0 aliphatic rings. The van der Waals surface area contributed by atoms with Crippen LogP contribution in [-0.4, -0.2) is 19.5 Å². The van der Waals surface area contributed by atoms with Crippen molar-refractivity contribution in [3.05, 3.63) is 71.8 Å². The van der Waals surface area contributed by atoms with Gasteiger partial charge in [0.1, 0.15) is 16.3 Å². The molecule has 0 amide bonds. The van der Waals surface area contributed by atoms with E-state index in [9.17, 15) is 9.00 Å². The van der Waals surface area contributed by atoms with Crippen LogP contribution in [0.2, 0.25) is 0 Å². The molecule has 0 atom stereocenters. The Balaban J connectivity index is 0.000000231. The molecule has 0 spiro atoms. The van der Waals surface area contributed by atoms with Crippen molar-refractivity contribution in [2.24, 2.45) is 0 Å². The number of aryl methyl sites for hydroxylation is 2. The minimum atomic E-state index is -0.0474. The van der Waals surface area contributed by atoms with Gasteiger partial charge in [-0.05, 0) is 24.0 Å². The van der Waals surface area contributed by atoms with Crippen LogP contribution in [-0.2, 0) is 28.9 Å². The summed E-state index contributed by atoms with van der Waals surface area (Å²) in [6.07, 6.45) is 2.48. The van der Waals surface area contributed by atoms with Gasteiger partial charge < -0.3 is 5.11 Å². The van der Waals surface area contributed by atoms with E-state index in [2.05, 4.69) is 12.6 Å². The van der Waals surface area contributed by atoms with Gasteiger partial charge in [0, 0.05) is 12.8 Å². The highest BCUT2D eigenvalue weighted by molar-refractivity contribution is 7.96. The number of carbonyl (C=O) groups excluding carboxylic acids is 1. The van der Waals surface area contributed by atoms with Crippen LogP contribution in [0.1, 0.15) is 24.0 Å². The molecule has 0 aliphatic carbocycles. The van der Waals surface area contributed by atoms with Crippen molar-refractivity contribution < 1.29 is 14.1 Å². The summed E-state index contributed by atoms with van der Waals surface area (Å²) in [6, 6.07) is 19.7. The quantitative estimate of drug-likeness (QED) is 0.619. The zero-order valence-electron chi connectivity index (χ0n) is 12.7. The van der Waals surface area contributed by atoms with Crippen LogP contribution in [0.25, 0.3) is 0 Å². The topological polar surface area (TPSA) is 54.4 Å². The molecule has 0 unspecified atom stereocenters. The molecule has 0 aromatic heterocycles. The number of hydrogen-bond donors (Lipinski definition) is 2. The van der Waals surface area contributed by atoms with E-state index in [1.165, 1.54) is 5.56 Å². The Bertz CT molecular complexity index is 636. The minimum absolute atomic E-state index is 0.0427. The lowest BCUT2D eigenvalue weighted by atomic mass is 10.1. The van der Waals surface area contributed by atoms with Crippen LogP contribution in [0.5, 0.6) is 0 Å². The maximum absolute atomic E-state index is 10.5. The van der Waals surface area contributed by atoms with Gasteiger partial charge in [0.05, 0.1) is 0 Å². The normalized spacial score (nSPS) is 9.48. The van der Waals surface area contributed by atoms with Crippen molar-refractivity contribution >= 4 is 34.1 Å². The van der Waals surface area contributed by atoms with Gasteiger partial charge in [-0.25, -0.2) is 4.21 Å². The van der Waals surface area contributed by atoms with Gasteiger partial charge in [-0.15, -0.1) is 12.6 Å². The maximum atomic E-state index is 10.5. The number of rotatable bonds is 6. The minimum Gasteiger partial charge on any atom is -0.353 e. The lowest BCUT2D eigenvalue weighted by Crippen LogP contribution is -1.97. The Labute approximate surface area is 145 Å². The van der Waals surface area contributed by atoms with Crippen LogP contribution in [0.15, 0.2) is 60.7 Å². The Morgan fingerprint density at radius 1 is 0.870 bits per heavy atom. The van der Waals surface area contributed by atoms with Crippen molar-refractivity contribution in [1.29, 1.82) is 0 Å². The van der Waals surface area contributed by atoms with Crippen LogP contribution in [0.3, 0.4) is 0 Å². The SMILES string of the molecule is O=C(S)CCc1ccccc1.O=S=C(O)CCc1ccccc1. The van der Waals surface area contributed by atoms with E-state index < -0.39 is 0 Å². The summed E-state index contributed by atoms with van der Waals surface area (Å²) < 4.78 is 10.1.